The molecule has 1 N–H and O–H groups in total. The summed E-state index contributed by atoms with van der Waals surface area (Å²) in [5.41, 5.74) is 0. The maximum absolute atomic E-state index is 10.9. The van der Waals surface area contributed by atoms with E-state index in [0.29, 0.717) is 6.42 Å². The van der Waals surface area contributed by atoms with Gasteiger partial charge in [-0.1, -0.05) is 77.6 Å². The maximum atomic E-state index is 10.9. The van der Waals surface area contributed by atoms with Crippen LogP contribution in [0.4, 0.5) is 0 Å². The van der Waals surface area contributed by atoms with Gasteiger partial charge in [-0.25, -0.2) is 0 Å². The fraction of sp³-hybridized carbons (Fsp3) is 0.947. The molecule has 3 nitrogen and oxygen atoms in total. The molecule has 1 atom stereocenters. The second kappa shape index (κ2) is 16.8. The number of unbranched alkanes of at least 4 members (excludes halogenated alkanes) is 11. The standard InChI is InChI=1S/C19H38O3/c1-3-18(20)16-14-12-10-8-6-4-5-7-9-11-13-15-17-19(21)22-2/h18,20H,3-17H2,1-2H3. The second-order valence-electron chi connectivity index (χ2n) is 6.42. The van der Waals surface area contributed by atoms with E-state index in [2.05, 4.69) is 4.74 Å². The molecule has 132 valence electrons. The minimum atomic E-state index is -0.0794. The average Bonchev–Trinajstić information content (AvgIpc) is 2.54. The van der Waals surface area contributed by atoms with E-state index in [-0.39, 0.29) is 12.1 Å². The van der Waals surface area contributed by atoms with Crippen molar-refractivity contribution in [2.75, 3.05) is 7.11 Å². The Kier molecular flexibility index (Phi) is 16.4. The monoisotopic (exact) mass is 314 g/mol. The van der Waals surface area contributed by atoms with Crippen LogP contribution in [0.15, 0.2) is 0 Å². The Morgan fingerprint density at radius 1 is 0.818 bits per heavy atom. The number of aliphatic hydroxyl groups is 1. The van der Waals surface area contributed by atoms with E-state index in [1.165, 1.54) is 71.3 Å². The number of ether oxygens (including phenoxy) is 1. The third-order valence-electron chi connectivity index (χ3n) is 4.37. The lowest BCUT2D eigenvalue weighted by atomic mass is 10.0. The molecule has 0 aliphatic heterocycles. The minimum Gasteiger partial charge on any atom is -0.469 e. The lowest BCUT2D eigenvalue weighted by Gasteiger charge is -2.06. The zero-order valence-electron chi connectivity index (χ0n) is 14.9. The topological polar surface area (TPSA) is 46.5 Å². The summed E-state index contributed by atoms with van der Waals surface area (Å²) in [6.07, 6.45) is 17.6. The Hall–Kier alpha value is -0.570. The number of rotatable bonds is 16. The van der Waals surface area contributed by atoms with Crippen LogP contribution in [0, 0.1) is 0 Å². The van der Waals surface area contributed by atoms with Gasteiger partial charge in [-0.2, -0.15) is 0 Å². The van der Waals surface area contributed by atoms with E-state index in [1.54, 1.807) is 0 Å². The smallest absolute Gasteiger partial charge is 0.305 e. The number of aliphatic hydroxyl groups excluding tert-OH is 1. The molecule has 0 amide bonds. The van der Waals surface area contributed by atoms with Crippen molar-refractivity contribution in [3.05, 3.63) is 0 Å². The molecule has 0 radical (unpaired) electrons. The summed E-state index contributed by atoms with van der Waals surface area (Å²) in [4.78, 5) is 10.9. The van der Waals surface area contributed by atoms with E-state index in [0.717, 1.165) is 25.7 Å². The first kappa shape index (κ1) is 21.4. The van der Waals surface area contributed by atoms with Crippen LogP contribution in [0.3, 0.4) is 0 Å². The van der Waals surface area contributed by atoms with E-state index in [9.17, 15) is 9.90 Å². The normalized spacial score (nSPS) is 12.3. The highest BCUT2D eigenvalue weighted by Gasteiger charge is 2.00. The molecule has 0 aromatic carbocycles. The molecule has 1 unspecified atom stereocenters. The maximum Gasteiger partial charge on any atom is 0.305 e. The van der Waals surface area contributed by atoms with E-state index < -0.39 is 0 Å². The van der Waals surface area contributed by atoms with Gasteiger partial charge in [-0.3, -0.25) is 4.79 Å². The van der Waals surface area contributed by atoms with E-state index in [4.69, 9.17) is 0 Å². The molecule has 0 bridgehead atoms. The fourth-order valence-corrected chi connectivity index (χ4v) is 2.72. The summed E-state index contributed by atoms with van der Waals surface area (Å²) in [7, 11) is 1.46. The summed E-state index contributed by atoms with van der Waals surface area (Å²) < 4.78 is 4.62. The predicted octanol–water partition coefficient (Wildman–Crippen LogP) is 5.39. The van der Waals surface area contributed by atoms with Gasteiger partial charge in [0.05, 0.1) is 13.2 Å². The highest BCUT2D eigenvalue weighted by atomic mass is 16.5. The first-order chi connectivity index (χ1) is 10.7. The van der Waals surface area contributed by atoms with Crippen molar-refractivity contribution in [2.45, 2.75) is 109 Å². The van der Waals surface area contributed by atoms with Gasteiger partial charge < -0.3 is 9.84 Å². The van der Waals surface area contributed by atoms with Crippen LogP contribution < -0.4 is 0 Å². The molecule has 0 aliphatic carbocycles. The van der Waals surface area contributed by atoms with Crippen molar-refractivity contribution in [1.29, 1.82) is 0 Å². The van der Waals surface area contributed by atoms with Gasteiger partial charge in [0.1, 0.15) is 0 Å². The van der Waals surface area contributed by atoms with Crippen LogP contribution in [0.1, 0.15) is 103 Å². The second-order valence-corrected chi connectivity index (χ2v) is 6.42. The number of carbonyl (C=O) groups excluding carboxylic acids is 1. The highest BCUT2D eigenvalue weighted by molar-refractivity contribution is 5.68. The third kappa shape index (κ3) is 15.8. The molecule has 22 heavy (non-hydrogen) atoms. The van der Waals surface area contributed by atoms with Crippen molar-refractivity contribution in [3.63, 3.8) is 0 Å². The van der Waals surface area contributed by atoms with Crippen LogP contribution in [0.2, 0.25) is 0 Å². The molecule has 0 aromatic rings. The average molecular weight is 315 g/mol. The molecule has 0 fully saturated rings. The largest absolute Gasteiger partial charge is 0.469 e. The Morgan fingerprint density at radius 2 is 1.23 bits per heavy atom. The first-order valence-corrected chi connectivity index (χ1v) is 9.45. The number of hydrogen-bond donors (Lipinski definition) is 1. The van der Waals surface area contributed by atoms with Gasteiger partial charge in [-0.15, -0.1) is 0 Å². The van der Waals surface area contributed by atoms with Crippen molar-refractivity contribution in [1.82, 2.24) is 0 Å². The predicted molar refractivity (Wildman–Crippen MR) is 93.0 cm³/mol. The molecular formula is C19H38O3. The van der Waals surface area contributed by atoms with Gasteiger partial charge in [0.2, 0.25) is 0 Å². The van der Waals surface area contributed by atoms with Crippen molar-refractivity contribution in [2.24, 2.45) is 0 Å². The van der Waals surface area contributed by atoms with Crippen molar-refractivity contribution in [3.8, 4) is 0 Å². The van der Waals surface area contributed by atoms with Gasteiger partial charge >= 0.3 is 5.97 Å². The first-order valence-electron chi connectivity index (χ1n) is 9.45. The molecule has 0 aromatic heterocycles. The van der Waals surface area contributed by atoms with Crippen molar-refractivity contribution >= 4 is 5.97 Å². The number of hydrogen-bond acceptors (Lipinski definition) is 3. The lowest BCUT2D eigenvalue weighted by molar-refractivity contribution is -0.140. The Balaban J connectivity index is 3.04. The molecule has 0 rings (SSSR count). The fourth-order valence-electron chi connectivity index (χ4n) is 2.72. The highest BCUT2D eigenvalue weighted by Crippen LogP contribution is 2.13. The third-order valence-corrected chi connectivity index (χ3v) is 4.37. The zero-order valence-corrected chi connectivity index (χ0v) is 14.9. The SMILES string of the molecule is CCC(O)CCCCCCCCCCCCCCC(=O)OC. The number of esters is 1. The summed E-state index contributed by atoms with van der Waals surface area (Å²) in [6.45, 7) is 2.05. The van der Waals surface area contributed by atoms with E-state index >= 15 is 0 Å². The molecule has 0 spiro atoms. The van der Waals surface area contributed by atoms with Crippen LogP contribution >= 0.6 is 0 Å². The van der Waals surface area contributed by atoms with Gasteiger partial charge in [0, 0.05) is 6.42 Å². The van der Waals surface area contributed by atoms with Gasteiger partial charge in [0.15, 0.2) is 0 Å². The summed E-state index contributed by atoms with van der Waals surface area (Å²) in [5.74, 6) is -0.0794. The zero-order chi connectivity index (χ0) is 16.5. The van der Waals surface area contributed by atoms with Crippen LogP contribution in [0.25, 0.3) is 0 Å². The lowest BCUT2D eigenvalue weighted by Crippen LogP contribution is -2.03. The van der Waals surface area contributed by atoms with E-state index in [1.807, 2.05) is 6.92 Å². The van der Waals surface area contributed by atoms with Crippen molar-refractivity contribution < 1.29 is 14.6 Å². The summed E-state index contributed by atoms with van der Waals surface area (Å²) >= 11 is 0. The molecular weight excluding hydrogens is 276 g/mol. The minimum absolute atomic E-state index is 0.0763. The number of methoxy groups -OCH3 is 1. The summed E-state index contributed by atoms with van der Waals surface area (Å²) in [5, 5.41) is 9.45. The molecule has 0 saturated heterocycles. The Bertz CT molecular complexity index is 241. The van der Waals surface area contributed by atoms with Crippen LogP contribution in [-0.4, -0.2) is 24.3 Å². The summed E-state index contributed by atoms with van der Waals surface area (Å²) in [6, 6.07) is 0. The molecule has 3 heteroatoms. The van der Waals surface area contributed by atoms with Crippen LogP contribution in [0.5, 0.6) is 0 Å². The molecule has 0 saturated carbocycles. The molecule has 0 heterocycles. The van der Waals surface area contributed by atoms with Gasteiger partial charge in [0.25, 0.3) is 0 Å². The Labute approximate surface area is 137 Å². The van der Waals surface area contributed by atoms with Gasteiger partial charge in [-0.05, 0) is 19.3 Å². The molecule has 0 aliphatic rings. The quantitative estimate of drug-likeness (QED) is 0.307. The van der Waals surface area contributed by atoms with Crippen LogP contribution in [-0.2, 0) is 9.53 Å². The number of carbonyl (C=O) groups is 1. The Morgan fingerprint density at radius 3 is 1.64 bits per heavy atom.